The molecule has 214 valence electrons. The first-order chi connectivity index (χ1) is 18.4. The summed E-state index contributed by atoms with van der Waals surface area (Å²) < 4.78 is 89.6. The van der Waals surface area contributed by atoms with Crippen LogP contribution in [0.4, 0.5) is 23.2 Å². The summed E-state index contributed by atoms with van der Waals surface area (Å²) in [5.41, 5.74) is -1.01. The molecule has 2 atom stereocenters. The number of ether oxygens (including phenoxy) is 1. The van der Waals surface area contributed by atoms with Crippen LogP contribution < -0.4 is 10.0 Å². The minimum atomic E-state index is -4.57. The standard InChI is InChI=1S/C27H33F4N3O4S/c1-27(11-2-3-13-38-27)26(35)33-39(36,37)22-14-23(30)25(24(31)15-22)32-21(10-12-34-16-20(29)17-34)9-6-18-4-7-19(28)8-5-18/h4-5,7-8,14-15,20-21,32H,2-3,6,9-13,16-17H2,1H3,(H,33,35)/t21-,27-/m0/s1. The van der Waals surface area contributed by atoms with Crippen molar-refractivity contribution in [2.24, 2.45) is 0 Å². The summed E-state index contributed by atoms with van der Waals surface area (Å²) in [6.45, 7) is 2.89. The van der Waals surface area contributed by atoms with Gasteiger partial charge in [-0.15, -0.1) is 0 Å². The van der Waals surface area contributed by atoms with Crippen LogP contribution in [-0.4, -0.2) is 63.3 Å². The Kier molecular flexibility index (Phi) is 9.18. The number of anilines is 1. The van der Waals surface area contributed by atoms with Crippen molar-refractivity contribution < 1.29 is 35.5 Å². The highest BCUT2D eigenvalue weighted by atomic mass is 32.2. The molecule has 2 heterocycles. The normalized spacial score (nSPS) is 21.3. The lowest BCUT2D eigenvalue weighted by Crippen LogP contribution is -2.50. The number of sulfonamides is 1. The molecule has 0 spiro atoms. The van der Waals surface area contributed by atoms with Crippen LogP contribution >= 0.6 is 0 Å². The highest BCUT2D eigenvalue weighted by molar-refractivity contribution is 7.90. The van der Waals surface area contributed by atoms with Gasteiger partial charge in [0.05, 0.1) is 4.90 Å². The molecule has 1 amide bonds. The fourth-order valence-corrected chi connectivity index (χ4v) is 5.85. The Balaban J connectivity index is 1.47. The van der Waals surface area contributed by atoms with E-state index in [0.29, 0.717) is 70.5 Å². The van der Waals surface area contributed by atoms with Gasteiger partial charge in [0, 0.05) is 32.3 Å². The second kappa shape index (κ2) is 12.2. The maximum absolute atomic E-state index is 15.1. The van der Waals surface area contributed by atoms with Gasteiger partial charge in [-0.05, 0) is 75.3 Å². The van der Waals surface area contributed by atoms with E-state index in [1.54, 1.807) is 12.1 Å². The molecule has 0 aliphatic carbocycles. The average molecular weight is 572 g/mol. The smallest absolute Gasteiger partial charge is 0.265 e. The largest absolute Gasteiger partial charge is 0.378 e. The van der Waals surface area contributed by atoms with Gasteiger partial charge < -0.3 is 10.1 Å². The first kappa shape index (κ1) is 29.3. The number of hydrogen-bond acceptors (Lipinski definition) is 6. The first-order valence-corrected chi connectivity index (χ1v) is 14.5. The molecule has 2 saturated heterocycles. The molecule has 2 N–H and O–H groups in total. The molecule has 2 aromatic rings. The van der Waals surface area contributed by atoms with Crippen LogP contribution in [0.1, 0.15) is 44.6 Å². The number of likely N-dealkylation sites (tertiary alicyclic amines) is 1. The number of benzene rings is 2. The van der Waals surface area contributed by atoms with Crippen molar-refractivity contribution >= 4 is 21.6 Å². The molecule has 2 aromatic carbocycles. The molecule has 2 aliphatic rings. The molecule has 0 bridgehead atoms. The fourth-order valence-electron chi connectivity index (χ4n) is 4.76. The van der Waals surface area contributed by atoms with Crippen molar-refractivity contribution in [2.75, 3.05) is 31.6 Å². The van der Waals surface area contributed by atoms with E-state index in [2.05, 4.69) is 5.32 Å². The molecular weight excluding hydrogens is 538 g/mol. The molecule has 0 radical (unpaired) electrons. The lowest BCUT2D eigenvalue weighted by molar-refractivity contribution is -0.148. The second-order valence-electron chi connectivity index (χ2n) is 10.4. The Bertz CT molecular complexity index is 1240. The summed E-state index contributed by atoms with van der Waals surface area (Å²) in [5.74, 6) is -3.54. The summed E-state index contributed by atoms with van der Waals surface area (Å²) in [6, 6.07) is 6.79. The van der Waals surface area contributed by atoms with E-state index >= 15 is 8.78 Å². The number of nitrogens with zero attached hydrogens (tertiary/aromatic N) is 1. The van der Waals surface area contributed by atoms with Crippen LogP contribution in [0.2, 0.25) is 0 Å². The van der Waals surface area contributed by atoms with E-state index in [0.717, 1.165) is 12.0 Å². The van der Waals surface area contributed by atoms with Gasteiger partial charge in [0.1, 0.15) is 23.3 Å². The second-order valence-corrected chi connectivity index (χ2v) is 12.1. The minimum absolute atomic E-state index is 0.301. The molecule has 2 fully saturated rings. The zero-order valence-electron chi connectivity index (χ0n) is 21.7. The van der Waals surface area contributed by atoms with E-state index in [4.69, 9.17) is 4.74 Å². The third-order valence-corrected chi connectivity index (χ3v) is 8.56. The molecule has 0 aromatic heterocycles. The number of carbonyl (C=O) groups excluding carboxylic acids is 1. The third-order valence-electron chi connectivity index (χ3n) is 7.25. The van der Waals surface area contributed by atoms with Gasteiger partial charge in [0.15, 0.2) is 11.6 Å². The SMILES string of the molecule is C[C@@]1(C(=O)NS(=O)(=O)c2cc(F)c(N[C@@H](CCc3ccc(F)cc3)CCN3CC(F)C3)c(F)c2)CCCCO1. The Morgan fingerprint density at radius 3 is 2.36 bits per heavy atom. The quantitative estimate of drug-likeness (QED) is 0.391. The number of hydrogen-bond donors (Lipinski definition) is 2. The van der Waals surface area contributed by atoms with E-state index in [1.807, 2.05) is 9.62 Å². The van der Waals surface area contributed by atoms with Crippen LogP contribution in [-0.2, 0) is 26.0 Å². The maximum Gasteiger partial charge on any atom is 0.265 e. The van der Waals surface area contributed by atoms with Crippen molar-refractivity contribution in [1.82, 2.24) is 9.62 Å². The lowest BCUT2D eigenvalue weighted by Gasteiger charge is -2.35. The van der Waals surface area contributed by atoms with Crippen LogP contribution in [0, 0.1) is 17.5 Å². The zero-order chi connectivity index (χ0) is 28.2. The molecule has 2 aliphatic heterocycles. The number of halogens is 4. The highest BCUT2D eigenvalue weighted by Gasteiger charge is 2.38. The van der Waals surface area contributed by atoms with Crippen molar-refractivity contribution in [3.63, 3.8) is 0 Å². The third kappa shape index (κ3) is 7.49. The number of carbonyl (C=O) groups is 1. The highest BCUT2D eigenvalue weighted by Crippen LogP contribution is 2.28. The summed E-state index contributed by atoms with van der Waals surface area (Å²) in [6.07, 6.45) is 2.25. The lowest BCUT2D eigenvalue weighted by atomic mass is 9.95. The summed E-state index contributed by atoms with van der Waals surface area (Å²) in [4.78, 5) is 13.8. The van der Waals surface area contributed by atoms with Crippen molar-refractivity contribution in [1.29, 1.82) is 0 Å². The number of aryl methyl sites for hydroxylation is 1. The van der Waals surface area contributed by atoms with Crippen molar-refractivity contribution in [3.8, 4) is 0 Å². The van der Waals surface area contributed by atoms with E-state index in [1.165, 1.54) is 19.1 Å². The topological polar surface area (TPSA) is 87.7 Å². The molecule has 0 saturated carbocycles. The molecular formula is C27H33F4N3O4S. The first-order valence-electron chi connectivity index (χ1n) is 13.0. The van der Waals surface area contributed by atoms with Gasteiger partial charge in [-0.1, -0.05) is 12.1 Å². The molecule has 0 unspecified atom stereocenters. The van der Waals surface area contributed by atoms with E-state index in [-0.39, 0.29) is 5.82 Å². The predicted molar refractivity (Wildman–Crippen MR) is 138 cm³/mol. The Morgan fingerprint density at radius 1 is 1.10 bits per heavy atom. The average Bonchev–Trinajstić information content (AvgIpc) is 2.87. The van der Waals surface area contributed by atoms with Gasteiger partial charge in [0.2, 0.25) is 0 Å². The zero-order valence-corrected chi connectivity index (χ0v) is 22.5. The number of nitrogens with one attached hydrogen (secondary N) is 2. The van der Waals surface area contributed by atoms with E-state index in [9.17, 15) is 22.0 Å². The summed E-state index contributed by atoms with van der Waals surface area (Å²) >= 11 is 0. The van der Waals surface area contributed by atoms with Gasteiger partial charge in [0.25, 0.3) is 15.9 Å². The predicted octanol–water partition coefficient (Wildman–Crippen LogP) is 4.33. The number of alkyl halides is 1. The molecule has 4 rings (SSSR count). The minimum Gasteiger partial charge on any atom is -0.378 e. The Hall–Kier alpha value is -2.70. The Labute approximate surface area is 226 Å². The maximum atomic E-state index is 15.1. The summed E-state index contributed by atoms with van der Waals surface area (Å²) in [7, 11) is -4.57. The molecule has 7 nitrogen and oxygen atoms in total. The van der Waals surface area contributed by atoms with Crippen molar-refractivity contribution in [2.45, 2.75) is 68.2 Å². The molecule has 39 heavy (non-hydrogen) atoms. The number of rotatable bonds is 11. The van der Waals surface area contributed by atoms with Crippen LogP contribution in [0.25, 0.3) is 0 Å². The summed E-state index contributed by atoms with van der Waals surface area (Å²) in [5, 5.41) is 2.84. The van der Waals surface area contributed by atoms with Crippen LogP contribution in [0.3, 0.4) is 0 Å². The monoisotopic (exact) mass is 571 g/mol. The molecule has 12 heteroatoms. The van der Waals surface area contributed by atoms with Gasteiger partial charge in [-0.25, -0.2) is 30.7 Å². The van der Waals surface area contributed by atoms with Crippen molar-refractivity contribution in [3.05, 3.63) is 59.4 Å². The van der Waals surface area contributed by atoms with Gasteiger partial charge in [-0.2, -0.15) is 0 Å². The van der Waals surface area contributed by atoms with Gasteiger partial charge >= 0.3 is 0 Å². The van der Waals surface area contributed by atoms with Gasteiger partial charge in [-0.3, -0.25) is 9.69 Å². The van der Waals surface area contributed by atoms with Crippen LogP contribution in [0.5, 0.6) is 0 Å². The van der Waals surface area contributed by atoms with Crippen LogP contribution in [0.15, 0.2) is 41.3 Å². The Morgan fingerprint density at radius 2 is 1.77 bits per heavy atom. The fraction of sp³-hybridized carbons (Fsp3) is 0.519. The number of amides is 1. The van der Waals surface area contributed by atoms with E-state index < -0.39 is 56.0 Å².